The molecule has 1 fully saturated rings. The van der Waals surface area contributed by atoms with Crippen LogP contribution in [0.15, 0.2) is 54.6 Å². The lowest BCUT2D eigenvalue weighted by Crippen LogP contribution is -2.25. The fraction of sp³-hybridized carbons (Fsp3) is 0.250. The van der Waals surface area contributed by atoms with E-state index in [1.807, 2.05) is 24.3 Å². The van der Waals surface area contributed by atoms with E-state index in [1.165, 1.54) is 19.2 Å². The molecule has 0 aliphatic heterocycles. The molecule has 32 heavy (non-hydrogen) atoms. The summed E-state index contributed by atoms with van der Waals surface area (Å²) >= 11 is 0. The van der Waals surface area contributed by atoms with Crippen molar-refractivity contribution < 1.29 is 27.8 Å². The van der Waals surface area contributed by atoms with Crippen molar-refractivity contribution in [3.63, 3.8) is 0 Å². The summed E-state index contributed by atoms with van der Waals surface area (Å²) in [7, 11) is 1.35. The van der Waals surface area contributed by atoms with Gasteiger partial charge in [0.05, 0.1) is 18.4 Å². The van der Waals surface area contributed by atoms with E-state index in [9.17, 15) is 18.4 Å². The van der Waals surface area contributed by atoms with E-state index >= 15 is 0 Å². The Morgan fingerprint density at radius 2 is 1.75 bits per heavy atom. The lowest BCUT2D eigenvalue weighted by molar-refractivity contribution is -0.117. The molecule has 0 radical (unpaired) electrons. The smallest absolute Gasteiger partial charge is 0.387 e. The van der Waals surface area contributed by atoms with Crippen molar-refractivity contribution >= 4 is 28.3 Å². The Morgan fingerprint density at radius 3 is 2.41 bits per heavy atom. The number of halogens is 2. The predicted molar refractivity (Wildman–Crippen MR) is 116 cm³/mol. The van der Waals surface area contributed by atoms with Gasteiger partial charge in [0.2, 0.25) is 5.91 Å². The fourth-order valence-corrected chi connectivity index (χ4v) is 3.41. The second kappa shape index (κ2) is 9.21. The molecule has 1 saturated carbocycles. The van der Waals surface area contributed by atoms with Crippen LogP contribution in [0.3, 0.4) is 0 Å². The number of carbonyl (C=O) groups excluding carboxylic acids is 2. The first-order valence-corrected chi connectivity index (χ1v) is 10.2. The molecular formula is C24H22F2N2O4. The molecule has 6 nitrogen and oxygen atoms in total. The van der Waals surface area contributed by atoms with Crippen LogP contribution in [0.4, 0.5) is 14.5 Å². The maximum Gasteiger partial charge on any atom is 0.387 e. The molecule has 166 valence electrons. The van der Waals surface area contributed by atoms with Gasteiger partial charge in [-0.2, -0.15) is 8.78 Å². The molecule has 0 spiro atoms. The summed E-state index contributed by atoms with van der Waals surface area (Å²) in [5.74, 6) is -0.450. The number of alkyl halides is 2. The van der Waals surface area contributed by atoms with Crippen LogP contribution in [0.1, 0.15) is 28.8 Å². The molecule has 3 aromatic carbocycles. The van der Waals surface area contributed by atoms with E-state index in [0.717, 1.165) is 23.6 Å². The van der Waals surface area contributed by atoms with Crippen molar-refractivity contribution in [2.45, 2.75) is 26.0 Å². The highest BCUT2D eigenvalue weighted by molar-refractivity contribution is 6.08. The predicted octanol–water partition coefficient (Wildman–Crippen LogP) is 4.73. The van der Waals surface area contributed by atoms with E-state index < -0.39 is 12.5 Å². The van der Waals surface area contributed by atoms with Crippen LogP contribution in [-0.4, -0.2) is 25.5 Å². The topological polar surface area (TPSA) is 76.7 Å². The van der Waals surface area contributed by atoms with E-state index in [1.54, 1.807) is 18.2 Å². The molecule has 0 unspecified atom stereocenters. The number of fused-ring (bicyclic) bond motifs is 1. The van der Waals surface area contributed by atoms with Gasteiger partial charge in [-0.3, -0.25) is 9.59 Å². The molecule has 0 saturated heterocycles. The standard InChI is InChI=1S/C24H22F2N2O4/c1-31-20-9-6-14(10-21(20)32-24(25)26)13-27-23(30)18-11-16-4-2-3-5-17(16)12-19(18)28-22(29)15-7-8-15/h2-6,9-12,15,24H,7-8,13H2,1H3,(H,27,30)(H,28,29). The highest BCUT2D eigenvalue weighted by Gasteiger charge is 2.30. The normalized spacial score (nSPS) is 13.1. The third-order valence-corrected chi connectivity index (χ3v) is 5.23. The third kappa shape index (κ3) is 4.96. The number of amides is 2. The molecule has 2 amide bonds. The van der Waals surface area contributed by atoms with E-state index in [2.05, 4.69) is 15.4 Å². The zero-order valence-corrected chi connectivity index (χ0v) is 17.4. The second-order valence-electron chi connectivity index (χ2n) is 7.55. The molecule has 1 aliphatic carbocycles. The van der Waals surface area contributed by atoms with Crippen molar-refractivity contribution in [2.24, 2.45) is 5.92 Å². The third-order valence-electron chi connectivity index (χ3n) is 5.23. The van der Waals surface area contributed by atoms with Gasteiger partial charge in [-0.15, -0.1) is 0 Å². The minimum atomic E-state index is -3.00. The number of hydrogen-bond acceptors (Lipinski definition) is 4. The van der Waals surface area contributed by atoms with Crippen LogP contribution in [0, 0.1) is 5.92 Å². The van der Waals surface area contributed by atoms with Crippen LogP contribution in [0.5, 0.6) is 11.5 Å². The maximum atomic E-state index is 13.0. The molecule has 4 rings (SSSR count). The van der Waals surface area contributed by atoms with Gasteiger partial charge >= 0.3 is 6.61 Å². The van der Waals surface area contributed by atoms with E-state index in [4.69, 9.17) is 4.74 Å². The molecule has 2 N–H and O–H groups in total. The number of benzene rings is 3. The Hall–Kier alpha value is -3.68. The Balaban J connectivity index is 1.56. The zero-order valence-electron chi connectivity index (χ0n) is 17.4. The number of rotatable bonds is 8. The molecule has 0 aromatic heterocycles. The van der Waals surface area contributed by atoms with Gasteiger partial charge in [0.1, 0.15) is 0 Å². The van der Waals surface area contributed by atoms with Gasteiger partial charge < -0.3 is 20.1 Å². The Kier molecular flexibility index (Phi) is 6.20. The maximum absolute atomic E-state index is 13.0. The van der Waals surface area contributed by atoms with Crippen molar-refractivity contribution in [1.82, 2.24) is 5.32 Å². The first-order valence-electron chi connectivity index (χ1n) is 10.2. The monoisotopic (exact) mass is 440 g/mol. The van der Waals surface area contributed by atoms with Crippen molar-refractivity contribution in [1.29, 1.82) is 0 Å². The second-order valence-corrected chi connectivity index (χ2v) is 7.55. The van der Waals surface area contributed by atoms with Crippen LogP contribution in [0.25, 0.3) is 10.8 Å². The molecule has 1 aliphatic rings. The van der Waals surface area contributed by atoms with Gasteiger partial charge in [0.15, 0.2) is 11.5 Å². The summed E-state index contributed by atoms with van der Waals surface area (Å²) in [4.78, 5) is 25.3. The summed E-state index contributed by atoms with van der Waals surface area (Å²) in [6.45, 7) is -2.92. The van der Waals surface area contributed by atoms with Crippen LogP contribution >= 0.6 is 0 Å². The number of hydrogen-bond donors (Lipinski definition) is 2. The Bertz CT molecular complexity index is 1160. The number of carbonyl (C=O) groups is 2. The van der Waals surface area contributed by atoms with Crippen molar-refractivity contribution in [3.05, 3.63) is 65.7 Å². The summed E-state index contributed by atoms with van der Waals surface area (Å²) in [6, 6.07) is 15.6. The number of methoxy groups -OCH3 is 1. The Morgan fingerprint density at radius 1 is 1.03 bits per heavy atom. The lowest BCUT2D eigenvalue weighted by atomic mass is 10.0. The summed E-state index contributed by atoms with van der Waals surface area (Å²) in [6.07, 6.45) is 1.70. The average Bonchev–Trinajstić information content (AvgIpc) is 3.62. The number of nitrogens with one attached hydrogen (secondary N) is 2. The molecule has 0 heterocycles. The largest absolute Gasteiger partial charge is 0.493 e. The van der Waals surface area contributed by atoms with Gasteiger partial charge in [0.25, 0.3) is 5.91 Å². The number of ether oxygens (including phenoxy) is 2. The first kappa shape index (κ1) is 21.5. The molecular weight excluding hydrogens is 418 g/mol. The molecule has 0 bridgehead atoms. The van der Waals surface area contributed by atoms with Gasteiger partial charge in [-0.05, 0) is 53.4 Å². The fourth-order valence-electron chi connectivity index (χ4n) is 3.41. The van der Waals surface area contributed by atoms with Crippen LogP contribution in [-0.2, 0) is 11.3 Å². The quantitative estimate of drug-likeness (QED) is 0.531. The van der Waals surface area contributed by atoms with Gasteiger partial charge in [0, 0.05) is 12.5 Å². The van der Waals surface area contributed by atoms with E-state index in [-0.39, 0.29) is 29.9 Å². The Labute approximate surface area is 183 Å². The number of anilines is 1. The highest BCUT2D eigenvalue weighted by atomic mass is 19.3. The minimum Gasteiger partial charge on any atom is -0.493 e. The van der Waals surface area contributed by atoms with Gasteiger partial charge in [-0.1, -0.05) is 30.3 Å². The molecule has 8 heteroatoms. The first-order chi connectivity index (χ1) is 15.4. The zero-order chi connectivity index (χ0) is 22.7. The average molecular weight is 440 g/mol. The van der Waals surface area contributed by atoms with E-state index in [0.29, 0.717) is 16.8 Å². The summed E-state index contributed by atoms with van der Waals surface area (Å²) < 4.78 is 34.8. The molecule has 3 aromatic rings. The SMILES string of the molecule is COc1ccc(CNC(=O)c2cc3ccccc3cc2NC(=O)C2CC2)cc1OC(F)F. The van der Waals surface area contributed by atoms with Crippen LogP contribution in [0.2, 0.25) is 0 Å². The van der Waals surface area contributed by atoms with Crippen molar-refractivity contribution in [2.75, 3.05) is 12.4 Å². The molecule has 0 atom stereocenters. The highest BCUT2D eigenvalue weighted by Crippen LogP contribution is 2.32. The van der Waals surface area contributed by atoms with Crippen molar-refractivity contribution in [3.8, 4) is 11.5 Å². The summed E-state index contributed by atoms with van der Waals surface area (Å²) in [5.41, 5.74) is 1.32. The minimum absolute atomic E-state index is 0.00932. The van der Waals surface area contributed by atoms with Crippen LogP contribution < -0.4 is 20.1 Å². The lowest BCUT2D eigenvalue weighted by Gasteiger charge is -2.14. The van der Waals surface area contributed by atoms with Gasteiger partial charge in [-0.25, -0.2) is 0 Å². The summed E-state index contributed by atoms with van der Waals surface area (Å²) in [5, 5.41) is 7.41.